The van der Waals surface area contributed by atoms with Crippen molar-refractivity contribution in [2.24, 2.45) is 0 Å². The molecule has 0 aliphatic carbocycles. The van der Waals surface area contributed by atoms with E-state index in [0.29, 0.717) is 0 Å². The van der Waals surface area contributed by atoms with E-state index in [0.717, 1.165) is 56.4 Å². The van der Waals surface area contributed by atoms with E-state index in [2.05, 4.69) is 47.9 Å². The van der Waals surface area contributed by atoms with Crippen molar-refractivity contribution >= 4 is 34.1 Å². The summed E-state index contributed by atoms with van der Waals surface area (Å²) < 4.78 is 63.6. The number of benzene rings is 7. The molecule has 7 aromatic carbocycles. The number of rotatable bonds is 4. The Morgan fingerprint density at radius 3 is 0.865 bits per heavy atom. The summed E-state index contributed by atoms with van der Waals surface area (Å²) in [4.78, 5) is 4.19. The van der Waals surface area contributed by atoms with E-state index in [1.807, 2.05) is 72.8 Å². The van der Waals surface area contributed by atoms with Gasteiger partial charge in [-0.2, -0.15) is 0 Å². The van der Waals surface area contributed by atoms with Gasteiger partial charge in [0, 0.05) is 46.0 Å². The minimum absolute atomic E-state index is 0.0297. The van der Waals surface area contributed by atoms with Crippen LogP contribution in [0.1, 0.15) is 47.9 Å². The molecule has 0 atom stereocenters. The van der Waals surface area contributed by atoms with Gasteiger partial charge < -0.3 is 9.80 Å². The first-order valence-corrected chi connectivity index (χ1v) is 17.4. The summed E-state index contributed by atoms with van der Waals surface area (Å²) in [6.45, 7) is 4.33. The van der Waals surface area contributed by atoms with Crippen molar-refractivity contribution in [2.75, 3.05) is 9.80 Å². The second-order valence-corrected chi connectivity index (χ2v) is 13.4. The van der Waals surface area contributed by atoms with Gasteiger partial charge in [0.2, 0.25) is 0 Å². The van der Waals surface area contributed by atoms with Crippen LogP contribution in [0.2, 0.25) is 0 Å². The normalized spacial score (nSPS) is 13.7. The maximum atomic E-state index is 15.9. The van der Waals surface area contributed by atoms with Crippen molar-refractivity contribution in [3.8, 4) is 22.3 Å². The zero-order chi connectivity index (χ0) is 35.7. The smallest absolute Gasteiger partial charge is 0.170 e. The molecule has 6 heteroatoms. The second-order valence-electron chi connectivity index (χ2n) is 13.4. The highest BCUT2D eigenvalue weighted by Gasteiger charge is 2.31. The lowest BCUT2D eigenvalue weighted by atomic mass is 9.86. The Hall–Kier alpha value is -6.14. The molecule has 0 unspecified atom stereocenters. The maximum Gasteiger partial charge on any atom is 0.170 e. The van der Waals surface area contributed by atoms with Crippen molar-refractivity contribution in [1.29, 1.82) is 0 Å². The van der Waals surface area contributed by atoms with E-state index >= 15 is 17.6 Å². The molecule has 52 heavy (non-hydrogen) atoms. The maximum absolute atomic E-state index is 15.9. The molecular formula is C46H32F4N2. The standard InChI is InChI=1S/C46H32F4N2/c1-27-33-11-3-7-15-37(33)51(38-16-8-4-12-34(27)38)31-23-19-29(20-24-31)41-43(47)45(49)42(46(50)44(41)48)30-21-25-32(26-22-30)52-39-17-9-5-13-35(39)28(2)36-14-6-10-18-40(36)52/h3-28H,1-2H3. The predicted molar refractivity (Wildman–Crippen MR) is 202 cm³/mol. The fraction of sp³-hybridized carbons (Fsp3) is 0.0870. The molecule has 7 aromatic rings. The van der Waals surface area contributed by atoms with Crippen LogP contribution in [-0.2, 0) is 0 Å². The molecule has 0 N–H and O–H groups in total. The molecule has 2 heterocycles. The number of para-hydroxylation sites is 4. The number of hydrogen-bond acceptors (Lipinski definition) is 2. The van der Waals surface area contributed by atoms with Gasteiger partial charge >= 0.3 is 0 Å². The van der Waals surface area contributed by atoms with Gasteiger partial charge in [0.15, 0.2) is 23.3 Å². The lowest BCUT2D eigenvalue weighted by Gasteiger charge is -2.36. The zero-order valence-corrected chi connectivity index (χ0v) is 28.4. The SMILES string of the molecule is CC1c2ccccc2N(c2ccc(-c3c(F)c(F)c(-c4ccc(N5c6ccccc6C(C)c6ccccc65)cc4)c(F)c3F)cc2)c2ccccc21. The summed E-state index contributed by atoms with van der Waals surface area (Å²) in [5.41, 5.74) is 8.65. The van der Waals surface area contributed by atoms with Crippen LogP contribution >= 0.6 is 0 Å². The molecule has 0 bridgehead atoms. The molecule has 0 saturated heterocycles. The highest BCUT2D eigenvalue weighted by Crippen LogP contribution is 2.51. The molecule has 0 fully saturated rings. The van der Waals surface area contributed by atoms with E-state index < -0.39 is 34.4 Å². The van der Waals surface area contributed by atoms with E-state index in [4.69, 9.17) is 0 Å². The second kappa shape index (κ2) is 12.3. The predicted octanol–water partition coefficient (Wildman–Crippen LogP) is 13.4. The first-order valence-electron chi connectivity index (χ1n) is 17.4. The topological polar surface area (TPSA) is 6.48 Å². The fourth-order valence-electron chi connectivity index (χ4n) is 8.07. The van der Waals surface area contributed by atoms with E-state index in [1.165, 1.54) is 24.3 Å². The molecule has 2 aliphatic heterocycles. The van der Waals surface area contributed by atoms with Crippen molar-refractivity contribution < 1.29 is 17.6 Å². The summed E-state index contributed by atoms with van der Waals surface area (Å²) in [5.74, 6) is -5.42. The molecular weight excluding hydrogens is 657 g/mol. The Morgan fingerprint density at radius 2 is 0.596 bits per heavy atom. The highest BCUT2D eigenvalue weighted by atomic mass is 19.2. The first-order chi connectivity index (χ1) is 25.3. The third-order valence-corrected chi connectivity index (χ3v) is 10.7. The fourth-order valence-corrected chi connectivity index (χ4v) is 8.07. The highest BCUT2D eigenvalue weighted by molar-refractivity contribution is 5.87. The van der Waals surface area contributed by atoms with Gasteiger partial charge in [-0.3, -0.25) is 0 Å². The average Bonchev–Trinajstić information content (AvgIpc) is 3.19. The molecule has 0 radical (unpaired) electrons. The number of nitrogens with zero attached hydrogens (tertiary/aromatic N) is 2. The number of anilines is 6. The van der Waals surface area contributed by atoms with Crippen LogP contribution in [0.25, 0.3) is 22.3 Å². The minimum atomic E-state index is -1.44. The van der Waals surface area contributed by atoms with Crippen molar-refractivity contribution in [3.63, 3.8) is 0 Å². The Kier molecular flexibility index (Phi) is 7.51. The molecule has 254 valence electrons. The average molecular weight is 689 g/mol. The monoisotopic (exact) mass is 688 g/mol. The molecule has 2 aliphatic rings. The summed E-state index contributed by atoms with van der Waals surface area (Å²) in [5, 5.41) is 0. The van der Waals surface area contributed by atoms with Crippen molar-refractivity contribution in [3.05, 3.63) is 191 Å². The number of fused-ring (bicyclic) bond motifs is 4. The summed E-state index contributed by atoms with van der Waals surface area (Å²) in [6, 6.07) is 45.3. The van der Waals surface area contributed by atoms with Gasteiger partial charge in [-0.05, 0) is 81.9 Å². The summed E-state index contributed by atoms with van der Waals surface area (Å²) >= 11 is 0. The lowest BCUT2D eigenvalue weighted by molar-refractivity contribution is 0.463. The van der Waals surface area contributed by atoms with Crippen LogP contribution in [0.5, 0.6) is 0 Å². The Balaban J connectivity index is 1.07. The quantitative estimate of drug-likeness (QED) is 0.134. The van der Waals surface area contributed by atoms with Gasteiger partial charge in [0.25, 0.3) is 0 Å². The first kappa shape index (κ1) is 31.8. The van der Waals surface area contributed by atoms with Gasteiger partial charge in [-0.15, -0.1) is 0 Å². The van der Waals surface area contributed by atoms with E-state index in [-0.39, 0.29) is 23.0 Å². The molecule has 0 aromatic heterocycles. The van der Waals surface area contributed by atoms with Crippen molar-refractivity contribution in [2.45, 2.75) is 25.7 Å². The van der Waals surface area contributed by atoms with Crippen molar-refractivity contribution in [1.82, 2.24) is 0 Å². The van der Waals surface area contributed by atoms with Crippen LogP contribution in [-0.4, -0.2) is 0 Å². The molecule has 0 amide bonds. The van der Waals surface area contributed by atoms with Crippen LogP contribution < -0.4 is 9.80 Å². The largest absolute Gasteiger partial charge is 0.310 e. The van der Waals surface area contributed by atoms with Gasteiger partial charge in [-0.25, -0.2) is 17.6 Å². The zero-order valence-electron chi connectivity index (χ0n) is 28.4. The summed E-state index contributed by atoms with van der Waals surface area (Å²) in [6.07, 6.45) is 0. The van der Waals surface area contributed by atoms with E-state index in [9.17, 15) is 0 Å². The number of hydrogen-bond donors (Lipinski definition) is 0. The van der Waals surface area contributed by atoms with Gasteiger partial charge in [0.1, 0.15) is 0 Å². The lowest BCUT2D eigenvalue weighted by Crippen LogP contribution is -2.20. The Morgan fingerprint density at radius 1 is 0.346 bits per heavy atom. The molecule has 0 saturated carbocycles. The van der Waals surface area contributed by atoms with Gasteiger partial charge in [0.05, 0.1) is 11.1 Å². The third kappa shape index (κ3) is 4.78. The van der Waals surface area contributed by atoms with E-state index in [1.54, 1.807) is 24.3 Å². The van der Waals surface area contributed by atoms with Crippen LogP contribution in [0.3, 0.4) is 0 Å². The Labute approximate surface area is 299 Å². The molecule has 9 rings (SSSR count). The molecule has 2 nitrogen and oxygen atoms in total. The number of halogens is 4. The van der Waals surface area contributed by atoms with Crippen LogP contribution in [0, 0.1) is 23.3 Å². The minimum Gasteiger partial charge on any atom is -0.310 e. The Bertz CT molecular complexity index is 2210. The van der Waals surface area contributed by atoms with Crippen LogP contribution in [0.4, 0.5) is 51.7 Å². The summed E-state index contributed by atoms with van der Waals surface area (Å²) in [7, 11) is 0. The third-order valence-electron chi connectivity index (χ3n) is 10.7. The molecule has 0 spiro atoms. The van der Waals surface area contributed by atoms with Crippen LogP contribution in [0.15, 0.2) is 146 Å². The van der Waals surface area contributed by atoms with Gasteiger partial charge in [-0.1, -0.05) is 111 Å².